The largest absolute Gasteiger partial charge is 0.481 e. The van der Waals surface area contributed by atoms with Gasteiger partial charge in [0.2, 0.25) is 5.91 Å². The Hall–Kier alpha value is -7.39. The quantitative estimate of drug-likeness (QED) is 0.0103. The number of carbonyl (C=O) groups excluding carboxylic acids is 4. The number of carbonyl (C=O) groups is 5. The molecule has 0 fully saturated rings. The number of hydrogen-bond acceptors (Lipinski definition) is 16. The molecule has 0 spiro atoms. The number of carboxylic acids is 1. The molecule has 0 radical (unpaired) electrons. The number of thiophene rings is 1. The van der Waals surface area contributed by atoms with Gasteiger partial charge < -0.3 is 38.1 Å². The summed E-state index contributed by atoms with van der Waals surface area (Å²) in [5, 5.41) is 7.81. The first-order chi connectivity index (χ1) is 46.8. The van der Waals surface area contributed by atoms with Gasteiger partial charge in [0.05, 0.1) is 22.7 Å². The van der Waals surface area contributed by atoms with Gasteiger partial charge in [-0.15, -0.1) is 0 Å². The molecule has 5 aromatic carbocycles. The summed E-state index contributed by atoms with van der Waals surface area (Å²) >= 11 is 0. The molecule has 102 heavy (non-hydrogen) atoms. The Bertz CT molecular complexity index is 4020. The third kappa shape index (κ3) is 25.8. The fraction of sp³-hybridized carbons (Fsp3) is 0.500. The van der Waals surface area contributed by atoms with Crippen LogP contribution in [0.2, 0.25) is 0 Å². The van der Waals surface area contributed by atoms with Gasteiger partial charge in [-0.3, -0.25) is 24.0 Å². The zero-order valence-corrected chi connectivity index (χ0v) is 62.5. The standard InChI is InChI=1S/C24H28F9N2O12S3.C20H17OS.C10H20O2.C10H14.C6H12O2/c1-4-20(2,3)19(38)46-14-13-45-18(37)10-9-17(36)34-12-11-15-5-7-16(8-6-15)47-50(43,44)23(29,30)21(25,26)22(27,28)48(39,40)35-49(41,42)24(31,32)33;21-14-13-15-9-11-16(12-10-15)22-19-7-3-1-5-17(19)18-6-2-4-8-20(18)22;1-7-10(5,6)8(11)12-9(2,3)4;1-3-9(2)10-7-5-4-6-8-10;1-4-6(2,3)5(7)8/h5-8H,4,9-14H2,1-3H3,(H,34,36);1-12,21H,13-14H2;7H2,1-6H3;4-9H,3H2,1-2H3;4H2,1-3H3,(H,7,8)/q-1;+1;;;. The molecular formula is C70H91F9N2O17S4. The van der Waals surface area contributed by atoms with Crippen LogP contribution in [0.4, 0.5) is 39.5 Å². The van der Waals surface area contributed by atoms with E-state index in [0.29, 0.717) is 35.0 Å². The molecule has 1 amide bonds. The van der Waals surface area contributed by atoms with E-state index in [1.165, 1.54) is 42.6 Å². The van der Waals surface area contributed by atoms with Gasteiger partial charge in [0.25, 0.3) is 0 Å². The monoisotopic (exact) mass is 1530 g/mol. The average Bonchev–Trinajstić information content (AvgIpc) is 0.882. The van der Waals surface area contributed by atoms with Crippen molar-refractivity contribution in [1.29, 1.82) is 0 Å². The van der Waals surface area contributed by atoms with Gasteiger partial charge in [-0.2, -0.15) is 47.9 Å². The van der Waals surface area contributed by atoms with Crippen molar-refractivity contribution in [1.82, 2.24) is 5.32 Å². The molecule has 1 atom stereocenters. The molecule has 1 unspecified atom stereocenters. The Morgan fingerprint density at radius 1 is 0.549 bits per heavy atom. The number of nitrogens with one attached hydrogen (secondary N) is 1. The fourth-order valence-electron chi connectivity index (χ4n) is 7.71. The predicted molar refractivity (Wildman–Crippen MR) is 373 cm³/mol. The van der Waals surface area contributed by atoms with E-state index in [-0.39, 0.29) is 78.6 Å². The molecule has 19 nitrogen and oxygen atoms in total. The number of aliphatic carboxylic acids is 1. The van der Waals surface area contributed by atoms with Crippen molar-refractivity contribution in [2.24, 2.45) is 16.2 Å². The second-order valence-electron chi connectivity index (χ2n) is 25.9. The summed E-state index contributed by atoms with van der Waals surface area (Å²) in [6.45, 7) is 26.0. The molecule has 0 saturated carbocycles. The van der Waals surface area contributed by atoms with Crippen LogP contribution in [-0.2, 0) is 81.2 Å². The number of nitrogens with zero attached hydrogens (tertiary/aromatic N) is 1. The Balaban J connectivity index is 0.000000542. The molecule has 0 saturated heterocycles. The van der Waals surface area contributed by atoms with Crippen molar-refractivity contribution in [3.63, 3.8) is 0 Å². The molecule has 0 bridgehead atoms. The van der Waals surface area contributed by atoms with E-state index in [1.54, 1.807) is 34.6 Å². The smallest absolute Gasteiger partial charge is 0.480 e. The van der Waals surface area contributed by atoms with Crippen LogP contribution in [0.25, 0.3) is 29.2 Å². The highest BCUT2D eigenvalue weighted by molar-refractivity contribution is 8.13. The Labute approximate surface area is 593 Å². The van der Waals surface area contributed by atoms with Crippen molar-refractivity contribution in [3.8, 4) is 10.6 Å². The first kappa shape index (κ1) is 90.7. The number of alkyl halides is 9. The van der Waals surface area contributed by atoms with Crippen LogP contribution in [0.5, 0.6) is 5.75 Å². The molecule has 0 aliphatic carbocycles. The number of halogens is 9. The van der Waals surface area contributed by atoms with Gasteiger partial charge >= 0.3 is 55.9 Å². The molecule has 32 heteroatoms. The Kier molecular flexibility index (Phi) is 33.7. The van der Waals surface area contributed by atoms with E-state index in [1.807, 2.05) is 48.5 Å². The molecule has 1 heterocycles. The highest BCUT2D eigenvalue weighted by Crippen LogP contribution is 2.54. The molecule has 570 valence electrons. The number of ether oxygens (including phenoxy) is 3. The molecule has 6 aromatic rings. The lowest BCUT2D eigenvalue weighted by Crippen LogP contribution is -2.61. The van der Waals surface area contributed by atoms with Crippen LogP contribution in [0, 0.1) is 16.2 Å². The van der Waals surface area contributed by atoms with Crippen molar-refractivity contribution in [2.75, 3.05) is 26.4 Å². The van der Waals surface area contributed by atoms with E-state index < -0.39 is 92.5 Å². The van der Waals surface area contributed by atoms with Crippen LogP contribution in [0.1, 0.15) is 158 Å². The topological polar surface area (TPSA) is 291 Å². The minimum absolute atomic E-state index is 0.0153. The number of fused-ring (bicyclic) bond motifs is 3. The number of carboxylic acid groups (broad SMARTS) is 1. The number of benzene rings is 5. The summed E-state index contributed by atoms with van der Waals surface area (Å²) < 4.78 is 212. The number of hydrogen-bond donors (Lipinski definition) is 3. The molecule has 1 aromatic heterocycles. The number of aliphatic hydroxyl groups excluding tert-OH is 1. The van der Waals surface area contributed by atoms with Crippen molar-refractivity contribution in [3.05, 3.63) is 148 Å². The van der Waals surface area contributed by atoms with E-state index in [2.05, 4.69) is 126 Å². The highest BCUT2D eigenvalue weighted by atomic mass is 32.3. The number of rotatable bonds is 28. The van der Waals surface area contributed by atoms with Crippen LogP contribution >= 0.6 is 10.5 Å². The molecule has 6 rings (SSSR count). The van der Waals surface area contributed by atoms with Crippen LogP contribution in [-0.4, -0.2) is 119 Å². The fourth-order valence-corrected chi connectivity index (χ4v) is 13.3. The van der Waals surface area contributed by atoms with E-state index in [0.717, 1.165) is 25.0 Å². The van der Waals surface area contributed by atoms with Crippen molar-refractivity contribution >= 4 is 90.6 Å². The predicted octanol–water partition coefficient (Wildman–Crippen LogP) is 16.5. The molecule has 0 aliphatic heterocycles. The maximum Gasteiger partial charge on any atom is 0.480 e. The second-order valence-corrected chi connectivity index (χ2v) is 32.9. The first-order valence-electron chi connectivity index (χ1n) is 32.0. The van der Waals surface area contributed by atoms with E-state index in [9.17, 15) is 88.7 Å². The van der Waals surface area contributed by atoms with Gasteiger partial charge in [-0.05, 0) is 172 Å². The van der Waals surface area contributed by atoms with E-state index >= 15 is 0 Å². The van der Waals surface area contributed by atoms with Crippen LogP contribution in [0.15, 0.2) is 127 Å². The summed E-state index contributed by atoms with van der Waals surface area (Å²) in [6.07, 6.45) is 3.20. The maximum absolute atomic E-state index is 14.2. The third-order valence-corrected chi connectivity index (χ3v) is 22.3. The number of sulfonamides is 2. The summed E-state index contributed by atoms with van der Waals surface area (Å²) in [7, 11) is -22.9. The first-order valence-corrected chi connectivity index (χ1v) is 37.5. The van der Waals surface area contributed by atoms with Crippen LogP contribution in [0.3, 0.4) is 0 Å². The van der Waals surface area contributed by atoms with Gasteiger partial charge in [-0.1, -0.05) is 113 Å². The lowest BCUT2D eigenvalue weighted by molar-refractivity contribution is -0.245. The number of amides is 1. The van der Waals surface area contributed by atoms with E-state index in [4.69, 9.17) is 24.4 Å². The minimum Gasteiger partial charge on any atom is -0.481 e. The van der Waals surface area contributed by atoms with Crippen molar-refractivity contribution < 1.29 is 117 Å². The van der Waals surface area contributed by atoms with Gasteiger partial charge in [-0.25, -0.2) is 16.8 Å². The summed E-state index contributed by atoms with van der Waals surface area (Å²) in [4.78, 5) is 58.6. The summed E-state index contributed by atoms with van der Waals surface area (Å²) in [6, 6.07) is 39.7. The third-order valence-electron chi connectivity index (χ3n) is 15.6. The zero-order valence-electron chi connectivity index (χ0n) is 59.2. The number of esters is 3. The van der Waals surface area contributed by atoms with Crippen molar-refractivity contribution in [2.45, 2.75) is 182 Å². The SMILES string of the molecule is CCC(C)(C)C(=O)O.CCC(C)(C)C(=O)OC(C)(C)C.CCC(C)(C)C(=O)OCCOC(=O)CCC(=O)NCCc1ccc(OS(=O)(=O)C(F)(F)C(F)(F)C(F)(F)S(=O)(=O)[N-]S(=O)(=O)C(F)(F)F)cc1.CCC(C)c1ccccc1.OCCc1ccc(-[s+]2c3ccccc3c3ccccc32)cc1. The number of aliphatic hydroxyl groups is 1. The second kappa shape index (κ2) is 37.9. The molecule has 3 N–H and O–H groups in total. The van der Waals surface area contributed by atoms with Gasteiger partial charge in [0.15, 0.2) is 34.3 Å². The Morgan fingerprint density at radius 2 is 1.00 bits per heavy atom. The average molecular weight is 1530 g/mol. The molecular weight excluding hydrogens is 1440 g/mol. The maximum atomic E-state index is 14.2. The Morgan fingerprint density at radius 3 is 1.44 bits per heavy atom. The lowest BCUT2D eigenvalue weighted by atomic mass is 9.90. The minimum atomic E-state index is -8.05. The molecule has 0 aliphatic rings. The van der Waals surface area contributed by atoms with Gasteiger partial charge in [0, 0.05) is 40.8 Å². The summed E-state index contributed by atoms with van der Waals surface area (Å²) in [5.74, 6) is -11.0. The summed E-state index contributed by atoms with van der Waals surface area (Å²) in [5.41, 5.74) is -5.92. The van der Waals surface area contributed by atoms with Crippen LogP contribution < -0.4 is 9.50 Å². The van der Waals surface area contributed by atoms with Gasteiger partial charge in [0.1, 0.15) is 24.6 Å². The highest BCUT2D eigenvalue weighted by Gasteiger charge is 2.81. The lowest BCUT2D eigenvalue weighted by Gasteiger charge is -2.35. The normalized spacial score (nSPS) is 12.9. The zero-order chi connectivity index (χ0) is 78.3.